The fraction of sp³-hybridized carbons (Fsp3) is 0.300. The van der Waals surface area contributed by atoms with Crippen molar-refractivity contribution in [1.82, 2.24) is 25.1 Å². The lowest BCUT2D eigenvalue weighted by Crippen LogP contribution is -2.30. The minimum atomic E-state index is 0.0642. The number of hydrogen-bond acceptors (Lipinski definition) is 5. The Morgan fingerprint density at radius 1 is 1.22 bits per heavy atom. The molecular weight excluding hydrogens is 342 g/mol. The fourth-order valence-electron chi connectivity index (χ4n) is 3.56. The first kappa shape index (κ1) is 17.2. The van der Waals surface area contributed by atoms with Crippen LogP contribution in [0, 0.1) is 0 Å². The van der Waals surface area contributed by atoms with Gasteiger partial charge in [-0.15, -0.1) is 5.10 Å². The zero-order valence-corrected chi connectivity index (χ0v) is 15.2. The molecule has 0 aliphatic carbocycles. The Kier molecular flexibility index (Phi) is 4.82. The molecule has 0 radical (unpaired) electrons. The van der Waals surface area contributed by atoms with Crippen molar-refractivity contribution in [3.05, 3.63) is 71.5 Å². The third kappa shape index (κ3) is 3.67. The second-order valence-corrected chi connectivity index (χ2v) is 6.64. The Balaban J connectivity index is 1.50. The first-order valence-electron chi connectivity index (χ1n) is 8.99. The van der Waals surface area contributed by atoms with Gasteiger partial charge >= 0.3 is 0 Å². The van der Waals surface area contributed by atoms with Gasteiger partial charge in [-0.2, -0.15) is 0 Å². The van der Waals surface area contributed by atoms with Gasteiger partial charge in [-0.25, -0.2) is 4.68 Å². The molecule has 1 fully saturated rings. The summed E-state index contributed by atoms with van der Waals surface area (Å²) in [5, 5.41) is 11.1. The minimum Gasteiger partial charge on any atom is -0.497 e. The molecule has 27 heavy (non-hydrogen) atoms. The fourth-order valence-corrected chi connectivity index (χ4v) is 3.56. The SMILES string of the molecule is COc1cccc([C@@H]2CCCN2C(=O)c2ccc(Cn3cnnn3)cc2)c1. The quantitative estimate of drug-likeness (QED) is 0.697. The number of benzene rings is 2. The highest BCUT2D eigenvalue weighted by Gasteiger charge is 2.30. The number of aromatic nitrogens is 4. The number of likely N-dealkylation sites (tertiary alicyclic amines) is 1. The zero-order chi connectivity index (χ0) is 18.6. The second-order valence-electron chi connectivity index (χ2n) is 6.64. The molecule has 0 N–H and O–H groups in total. The van der Waals surface area contributed by atoms with Gasteiger partial charge < -0.3 is 9.64 Å². The molecule has 0 spiro atoms. The third-order valence-electron chi connectivity index (χ3n) is 4.93. The van der Waals surface area contributed by atoms with Gasteiger partial charge in [-0.1, -0.05) is 24.3 Å². The van der Waals surface area contributed by atoms with Crippen LogP contribution in [0.3, 0.4) is 0 Å². The molecule has 4 rings (SSSR count). The molecule has 1 amide bonds. The minimum absolute atomic E-state index is 0.0642. The highest BCUT2D eigenvalue weighted by atomic mass is 16.5. The van der Waals surface area contributed by atoms with E-state index < -0.39 is 0 Å². The second kappa shape index (κ2) is 7.57. The van der Waals surface area contributed by atoms with Crippen LogP contribution in [-0.2, 0) is 6.54 Å². The van der Waals surface area contributed by atoms with E-state index >= 15 is 0 Å². The summed E-state index contributed by atoms with van der Waals surface area (Å²) in [7, 11) is 1.66. The maximum absolute atomic E-state index is 13.1. The molecular formula is C20H21N5O2. The van der Waals surface area contributed by atoms with Crippen molar-refractivity contribution in [1.29, 1.82) is 0 Å². The average Bonchev–Trinajstić information content (AvgIpc) is 3.40. The van der Waals surface area contributed by atoms with Crippen LogP contribution >= 0.6 is 0 Å². The summed E-state index contributed by atoms with van der Waals surface area (Å²) in [5.74, 6) is 0.882. The molecule has 1 aromatic heterocycles. The first-order valence-corrected chi connectivity index (χ1v) is 8.99. The van der Waals surface area contributed by atoms with Crippen LogP contribution in [0.25, 0.3) is 0 Å². The Hall–Kier alpha value is -3.22. The molecule has 138 valence electrons. The van der Waals surface area contributed by atoms with E-state index in [1.807, 2.05) is 47.4 Å². The van der Waals surface area contributed by atoms with Crippen LogP contribution in [0.5, 0.6) is 5.75 Å². The zero-order valence-electron chi connectivity index (χ0n) is 15.2. The summed E-state index contributed by atoms with van der Waals surface area (Å²) in [6.45, 7) is 1.35. The van der Waals surface area contributed by atoms with Gasteiger partial charge in [-0.05, 0) is 58.7 Å². The van der Waals surface area contributed by atoms with Crippen LogP contribution in [0.15, 0.2) is 54.9 Å². The topological polar surface area (TPSA) is 73.1 Å². The van der Waals surface area contributed by atoms with Crippen LogP contribution < -0.4 is 4.74 Å². The number of carbonyl (C=O) groups is 1. The standard InChI is InChI=1S/C20H21N5O2/c1-27-18-5-2-4-17(12-18)19-6-3-11-25(19)20(26)16-9-7-15(8-10-16)13-24-14-21-22-23-24/h2,4-5,7-10,12,14,19H,3,6,11,13H2,1H3/t19-/m0/s1. The molecule has 0 bridgehead atoms. The largest absolute Gasteiger partial charge is 0.497 e. The smallest absolute Gasteiger partial charge is 0.254 e. The van der Waals surface area contributed by atoms with Crippen LogP contribution in [0.2, 0.25) is 0 Å². The summed E-state index contributed by atoms with van der Waals surface area (Å²) in [6, 6.07) is 15.7. The summed E-state index contributed by atoms with van der Waals surface area (Å²) < 4.78 is 6.98. The highest BCUT2D eigenvalue weighted by molar-refractivity contribution is 5.94. The van der Waals surface area contributed by atoms with Crippen molar-refractivity contribution in [2.45, 2.75) is 25.4 Å². The monoisotopic (exact) mass is 363 g/mol. The van der Waals surface area contributed by atoms with E-state index in [-0.39, 0.29) is 11.9 Å². The number of hydrogen-bond donors (Lipinski definition) is 0. The van der Waals surface area contributed by atoms with Gasteiger partial charge in [0.25, 0.3) is 5.91 Å². The first-order chi connectivity index (χ1) is 13.2. The number of methoxy groups -OCH3 is 1. The lowest BCUT2D eigenvalue weighted by molar-refractivity contribution is 0.0735. The van der Waals surface area contributed by atoms with E-state index in [4.69, 9.17) is 4.74 Å². The molecule has 1 saturated heterocycles. The predicted molar refractivity (Wildman–Crippen MR) is 99.4 cm³/mol. The van der Waals surface area contributed by atoms with Gasteiger partial charge in [0.05, 0.1) is 19.7 Å². The summed E-state index contributed by atoms with van der Waals surface area (Å²) in [4.78, 5) is 15.0. The van der Waals surface area contributed by atoms with E-state index in [9.17, 15) is 4.79 Å². The molecule has 1 aliphatic heterocycles. The molecule has 0 unspecified atom stereocenters. The van der Waals surface area contributed by atoms with Crippen molar-refractivity contribution >= 4 is 5.91 Å². The number of carbonyl (C=O) groups excluding carboxylic acids is 1. The molecule has 1 atom stereocenters. The average molecular weight is 363 g/mol. The van der Waals surface area contributed by atoms with Crippen molar-refractivity contribution in [3.8, 4) is 5.75 Å². The summed E-state index contributed by atoms with van der Waals surface area (Å²) >= 11 is 0. The maximum atomic E-state index is 13.1. The number of ether oxygens (including phenoxy) is 1. The number of nitrogens with zero attached hydrogens (tertiary/aromatic N) is 5. The molecule has 7 nitrogen and oxygen atoms in total. The van der Waals surface area contributed by atoms with Crippen molar-refractivity contribution in [2.24, 2.45) is 0 Å². The van der Waals surface area contributed by atoms with E-state index in [1.54, 1.807) is 18.1 Å². The predicted octanol–water partition coefficient (Wildman–Crippen LogP) is 2.71. The molecule has 0 saturated carbocycles. The number of tetrazole rings is 1. The lowest BCUT2D eigenvalue weighted by atomic mass is 10.0. The van der Waals surface area contributed by atoms with Gasteiger partial charge in [-0.3, -0.25) is 4.79 Å². The molecule has 3 aromatic rings. The lowest BCUT2D eigenvalue weighted by Gasteiger charge is -2.25. The highest BCUT2D eigenvalue weighted by Crippen LogP contribution is 2.34. The summed E-state index contributed by atoms with van der Waals surface area (Å²) in [6.07, 6.45) is 3.54. The molecule has 2 heterocycles. The van der Waals surface area contributed by atoms with Crippen LogP contribution in [-0.4, -0.2) is 44.7 Å². The number of amides is 1. The number of rotatable bonds is 5. The van der Waals surface area contributed by atoms with E-state index in [1.165, 1.54) is 0 Å². The molecule has 1 aliphatic rings. The Morgan fingerprint density at radius 3 is 2.81 bits per heavy atom. The van der Waals surface area contributed by atoms with Gasteiger partial charge in [0.1, 0.15) is 12.1 Å². The van der Waals surface area contributed by atoms with E-state index in [2.05, 4.69) is 21.6 Å². The van der Waals surface area contributed by atoms with Crippen LogP contribution in [0.4, 0.5) is 0 Å². The Bertz CT molecular complexity index is 908. The molecule has 7 heteroatoms. The van der Waals surface area contributed by atoms with Gasteiger partial charge in [0.2, 0.25) is 0 Å². The molecule has 2 aromatic carbocycles. The van der Waals surface area contributed by atoms with E-state index in [0.717, 1.165) is 36.3 Å². The Labute approximate surface area is 157 Å². The van der Waals surface area contributed by atoms with Crippen molar-refractivity contribution < 1.29 is 9.53 Å². The van der Waals surface area contributed by atoms with Crippen molar-refractivity contribution in [2.75, 3.05) is 13.7 Å². The summed E-state index contributed by atoms with van der Waals surface area (Å²) in [5.41, 5.74) is 2.87. The normalized spacial score (nSPS) is 16.5. The van der Waals surface area contributed by atoms with E-state index in [0.29, 0.717) is 12.1 Å². The Morgan fingerprint density at radius 2 is 2.07 bits per heavy atom. The van der Waals surface area contributed by atoms with Gasteiger partial charge in [0, 0.05) is 12.1 Å². The maximum Gasteiger partial charge on any atom is 0.254 e. The van der Waals surface area contributed by atoms with Crippen molar-refractivity contribution in [3.63, 3.8) is 0 Å². The van der Waals surface area contributed by atoms with Crippen LogP contribution in [0.1, 0.15) is 40.4 Å². The van der Waals surface area contributed by atoms with Gasteiger partial charge in [0.15, 0.2) is 0 Å². The third-order valence-corrected chi connectivity index (χ3v) is 4.93.